The molecule has 0 N–H and O–H groups in total. The van der Waals surface area contributed by atoms with Gasteiger partial charge in [-0.05, 0) is 41.0 Å². The molecular formula is C27H20BN3O. The second-order valence-corrected chi connectivity index (χ2v) is 7.90. The van der Waals surface area contributed by atoms with Gasteiger partial charge in [0.15, 0.2) is 6.26 Å². The van der Waals surface area contributed by atoms with Gasteiger partial charge in [-0.3, -0.25) is 15.0 Å². The van der Waals surface area contributed by atoms with E-state index in [0.29, 0.717) is 0 Å². The summed E-state index contributed by atoms with van der Waals surface area (Å²) >= 11 is 0. The molecule has 4 nitrogen and oxygen atoms in total. The van der Waals surface area contributed by atoms with Crippen molar-refractivity contribution in [3.8, 4) is 0 Å². The number of aromatic nitrogens is 3. The second-order valence-electron chi connectivity index (χ2n) is 7.90. The summed E-state index contributed by atoms with van der Waals surface area (Å²) in [6.45, 7) is 0. The van der Waals surface area contributed by atoms with E-state index in [0.717, 1.165) is 39.2 Å². The first-order valence-electron chi connectivity index (χ1n) is 10.7. The molecule has 152 valence electrons. The van der Waals surface area contributed by atoms with Crippen molar-refractivity contribution in [1.29, 1.82) is 0 Å². The van der Waals surface area contributed by atoms with E-state index in [1.54, 1.807) is 0 Å². The number of fused-ring (bicyclic) bond motifs is 1. The molecule has 0 fully saturated rings. The lowest BCUT2D eigenvalue weighted by Crippen LogP contribution is -2.61. The molecule has 1 aliphatic heterocycles. The Balaban J connectivity index is 1.83. The fourth-order valence-corrected chi connectivity index (χ4v) is 5.04. The molecule has 6 rings (SSSR count). The third-order valence-electron chi connectivity index (χ3n) is 6.24. The van der Waals surface area contributed by atoms with Crippen LogP contribution in [0.4, 0.5) is 0 Å². The Bertz CT molecular complexity index is 1360. The summed E-state index contributed by atoms with van der Waals surface area (Å²) in [4.78, 5) is 14.6. The normalized spacial score (nSPS) is 14.4. The van der Waals surface area contributed by atoms with Crippen LogP contribution in [0.5, 0.6) is 0 Å². The molecule has 0 saturated carbocycles. The molecule has 5 aromatic rings. The number of benzene rings is 1. The van der Waals surface area contributed by atoms with Crippen molar-refractivity contribution in [3.63, 3.8) is 0 Å². The number of nitrogens with zero attached hydrogens (tertiary/aromatic N) is 3. The SMILES string of the molecule is c1ccc(C2=C(c3ccccn3)[B-](c3ccccn3)(c3ccccn3)[o+]3cccc32)cc1. The molecule has 5 heterocycles. The van der Waals surface area contributed by atoms with Crippen LogP contribution >= 0.6 is 0 Å². The molecule has 1 aliphatic rings. The van der Waals surface area contributed by atoms with Crippen LogP contribution in [0.25, 0.3) is 11.0 Å². The first-order valence-corrected chi connectivity index (χ1v) is 10.7. The van der Waals surface area contributed by atoms with Gasteiger partial charge in [0.25, 0.3) is 0 Å². The molecule has 5 heteroatoms. The van der Waals surface area contributed by atoms with Gasteiger partial charge in [-0.25, -0.2) is 0 Å². The fraction of sp³-hybridized carbons (Fsp3) is 0. The molecule has 0 saturated heterocycles. The van der Waals surface area contributed by atoms with Crippen molar-refractivity contribution in [2.75, 3.05) is 0 Å². The maximum Gasteiger partial charge on any atom is 0.457 e. The number of rotatable bonds is 4. The van der Waals surface area contributed by atoms with E-state index in [1.807, 2.05) is 61.1 Å². The molecular weight excluding hydrogens is 393 g/mol. The van der Waals surface area contributed by atoms with Crippen LogP contribution in [0.2, 0.25) is 0 Å². The predicted molar refractivity (Wildman–Crippen MR) is 129 cm³/mol. The Kier molecular flexibility index (Phi) is 4.32. The van der Waals surface area contributed by atoms with Crippen molar-refractivity contribution in [1.82, 2.24) is 15.0 Å². The summed E-state index contributed by atoms with van der Waals surface area (Å²) in [5, 5.41) is 0. The van der Waals surface area contributed by atoms with E-state index in [2.05, 4.69) is 64.8 Å². The maximum absolute atomic E-state index is 4.88. The van der Waals surface area contributed by atoms with Crippen molar-refractivity contribution in [2.45, 2.75) is 0 Å². The third kappa shape index (κ3) is 2.61. The lowest BCUT2D eigenvalue weighted by atomic mass is 9.30. The van der Waals surface area contributed by atoms with Crippen LogP contribution in [0.3, 0.4) is 0 Å². The number of furan rings is 1. The predicted octanol–water partition coefficient (Wildman–Crippen LogP) is 4.27. The minimum atomic E-state index is -1.78. The Labute approximate surface area is 186 Å². The van der Waals surface area contributed by atoms with Crippen LogP contribution in [0, 0.1) is 0 Å². The quantitative estimate of drug-likeness (QED) is 0.326. The molecule has 0 aliphatic carbocycles. The topological polar surface area (TPSA) is 41.4 Å². The minimum absolute atomic E-state index is 0.916. The smallest absolute Gasteiger partial charge is 0.457 e. The summed E-state index contributed by atoms with van der Waals surface area (Å²) in [6.07, 6.45) is 5.83. The van der Waals surface area contributed by atoms with Crippen LogP contribution < -0.4 is 11.2 Å². The molecule has 0 spiro atoms. The molecule has 0 amide bonds. The number of pyridine rings is 3. The van der Waals surface area contributed by atoms with Gasteiger partial charge in [-0.2, -0.15) is 0 Å². The lowest BCUT2D eigenvalue weighted by Gasteiger charge is -2.36. The van der Waals surface area contributed by atoms with Gasteiger partial charge in [-0.1, -0.05) is 66.1 Å². The van der Waals surface area contributed by atoms with Crippen molar-refractivity contribution < 1.29 is 3.96 Å². The highest BCUT2D eigenvalue weighted by atomic mass is 16.5. The van der Waals surface area contributed by atoms with Crippen molar-refractivity contribution in [3.05, 3.63) is 139 Å². The zero-order valence-electron chi connectivity index (χ0n) is 17.4. The Morgan fingerprint density at radius 1 is 0.562 bits per heavy atom. The standard InChI is InChI=1S/C27H20BN3O/c1-2-11-21(12-3-1)26-23-14-10-20-32(23)28(24-15-5-8-18-30-24,25-16-6-9-19-31-25)27(26)22-13-4-7-17-29-22/h1-20H. The van der Waals surface area contributed by atoms with Crippen LogP contribution in [-0.2, 0) is 0 Å². The summed E-state index contributed by atoms with van der Waals surface area (Å²) in [6, 6.07) is 32.9. The van der Waals surface area contributed by atoms with Gasteiger partial charge in [-0.15, -0.1) is 0 Å². The van der Waals surface area contributed by atoms with Gasteiger partial charge in [0.2, 0.25) is 5.76 Å². The number of hydrogen-bond acceptors (Lipinski definition) is 3. The molecule has 1 aromatic carbocycles. The highest BCUT2D eigenvalue weighted by molar-refractivity contribution is 7.12. The van der Waals surface area contributed by atoms with Gasteiger partial charge in [0.05, 0.1) is 0 Å². The molecule has 32 heavy (non-hydrogen) atoms. The average Bonchev–Trinajstić information content (AvgIpc) is 3.46. The van der Waals surface area contributed by atoms with Crippen LogP contribution in [0.1, 0.15) is 17.0 Å². The zero-order valence-corrected chi connectivity index (χ0v) is 17.4. The fourth-order valence-electron chi connectivity index (χ4n) is 5.04. The van der Waals surface area contributed by atoms with Gasteiger partial charge in [0.1, 0.15) is 0 Å². The summed E-state index contributed by atoms with van der Waals surface area (Å²) < 4.78 is 3.46. The number of hydrogen-bond donors (Lipinski definition) is 0. The monoisotopic (exact) mass is 413 g/mol. The van der Waals surface area contributed by atoms with E-state index < -0.39 is 6.35 Å². The first kappa shape index (κ1) is 18.5. The average molecular weight is 413 g/mol. The summed E-state index contributed by atoms with van der Waals surface area (Å²) in [5.74, 6) is 1.06. The Morgan fingerprint density at radius 3 is 1.78 bits per heavy atom. The second kappa shape index (κ2) is 7.47. The van der Waals surface area contributed by atoms with E-state index in [9.17, 15) is 0 Å². The Hall–Kier alpha value is -4.25. The Morgan fingerprint density at radius 2 is 1.19 bits per heavy atom. The van der Waals surface area contributed by atoms with Crippen molar-refractivity contribution >= 4 is 28.6 Å². The molecule has 4 aromatic heterocycles. The minimum Gasteiger partial charge on any atom is -0.775 e. The first-order chi connectivity index (χ1) is 15.9. The molecule has 0 radical (unpaired) electrons. The molecule has 0 atom stereocenters. The van der Waals surface area contributed by atoms with E-state index in [4.69, 9.17) is 15.0 Å². The van der Waals surface area contributed by atoms with E-state index >= 15 is 0 Å². The van der Waals surface area contributed by atoms with Crippen LogP contribution in [-0.4, -0.2) is 21.3 Å². The van der Waals surface area contributed by atoms with Gasteiger partial charge in [0, 0.05) is 42.0 Å². The van der Waals surface area contributed by atoms with E-state index in [1.165, 1.54) is 0 Å². The molecule has 0 bridgehead atoms. The van der Waals surface area contributed by atoms with Gasteiger partial charge >= 0.3 is 6.35 Å². The highest BCUT2D eigenvalue weighted by Crippen LogP contribution is 2.48. The largest absolute Gasteiger partial charge is 0.775 e. The zero-order chi connectivity index (χ0) is 21.4. The molecule has 0 unspecified atom stereocenters. The summed E-state index contributed by atoms with van der Waals surface area (Å²) in [5.41, 5.74) is 6.15. The third-order valence-corrected chi connectivity index (χ3v) is 6.24. The van der Waals surface area contributed by atoms with E-state index in [-0.39, 0.29) is 0 Å². The summed E-state index contributed by atoms with van der Waals surface area (Å²) in [7, 11) is 0. The highest BCUT2D eigenvalue weighted by Gasteiger charge is 2.55. The van der Waals surface area contributed by atoms with Crippen LogP contribution in [0.15, 0.2) is 126 Å². The lowest BCUT2D eigenvalue weighted by molar-refractivity contribution is 0.374. The van der Waals surface area contributed by atoms with Gasteiger partial charge < -0.3 is 3.96 Å². The van der Waals surface area contributed by atoms with Crippen molar-refractivity contribution in [2.24, 2.45) is 0 Å². The maximum atomic E-state index is 4.88.